The van der Waals surface area contributed by atoms with E-state index in [1.54, 1.807) is 0 Å². The first-order valence-corrected chi connectivity index (χ1v) is 5.24. The lowest BCUT2D eigenvalue weighted by Gasteiger charge is -2.10. The molecule has 0 fully saturated rings. The number of carboxylic acids is 1. The van der Waals surface area contributed by atoms with E-state index in [4.69, 9.17) is 16.7 Å². The van der Waals surface area contributed by atoms with Crippen molar-refractivity contribution in [3.8, 4) is 0 Å². The van der Waals surface area contributed by atoms with Crippen molar-refractivity contribution < 1.29 is 19.1 Å². The maximum atomic E-state index is 13.3. The largest absolute Gasteiger partial charge is 0.480 e. The van der Waals surface area contributed by atoms with Crippen molar-refractivity contribution in [1.29, 1.82) is 0 Å². The number of carboxylic acid groups (broad SMARTS) is 1. The fraction of sp³-hybridized carbons (Fsp3) is 0.273. The van der Waals surface area contributed by atoms with E-state index in [9.17, 15) is 14.0 Å². The molecule has 92 valence electrons. The molecular weight excluding hydrogens is 249 g/mol. The van der Waals surface area contributed by atoms with Crippen molar-refractivity contribution in [2.24, 2.45) is 0 Å². The zero-order valence-electron chi connectivity index (χ0n) is 9.04. The Morgan fingerprint density at radius 3 is 2.71 bits per heavy atom. The van der Waals surface area contributed by atoms with Crippen molar-refractivity contribution >= 4 is 23.5 Å². The van der Waals surface area contributed by atoms with E-state index in [0.717, 1.165) is 0 Å². The molecular formula is C11H11ClFNO3. The van der Waals surface area contributed by atoms with Crippen molar-refractivity contribution in [3.05, 3.63) is 34.6 Å². The average Bonchev–Trinajstić information content (AvgIpc) is 2.23. The number of carbonyl (C=O) groups excluding carboxylic acids is 1. The first-order chi connectivity index (χ1) is 7.91. The summed E-state index contributed by atoms with van der Waals surface area (Å²) in [5, 5.41) is 11.0. The smallest absolute Gasteiger partial charge is 0.325 e. The maximum Gasteiger partial charge on any atom is 0.325 e. The van der Waals surface area contributed by atoms with Gasteiger partial charge in [0.2, 0.25) is 5.91 Å². The molecule has 1 amide bonds. The van der Waals surface area contributed by atoms with Crippen LogP contribution >= 0.6 is 11.6 Å². The molecule has 0 aliphatic carbocycles. The standard InChI is InChI=1S/C11H11ClFNO3/c1-6(11(16)17)14-10(15)5-7-8(12)3-2-4-9(7)13/h2-4,6H,5H2,1H3,(H,14,15)(H,16,17). The van der Waals surface area contributed by atoms with Crippen LogP contribution in [0.15, 0.2) is 18.2 Å². The molecule has 1 unspecified atom stereocenters. The summed E-state index contributed by atoms with van der Waals surface area (Å²) in [6, 6.07) is 3.06. The van der Waals surface area contributed by atoms with Crippen molar-refractivity contribution in [1.82, 2.24) is 5.32 Å². The highest BCUT2D eigenvalue weighted by Crippen LogP contribution is 2.19. The molecule has 0 spiro atoms. The summed E-state index contributed by atoms with van der Waals surface area (Å²) in [5.74, 6) is -2.33. The van der Waals surface area contributed by atoms with Gasteiger partial charge in [-0.05, 0) is 19.1 Å². The summed E-state index contributed by atoms with van der Waals surface area (Å²) >= 11 is 5.74. The Morgan fingerprint density at radius 2 is 2.18 bits per heavy atom. The molecule has 1 aromatic rings. The van der Waals surface area contributed by atoms with Gasteiger partial charge < -0.3 is 10.4 Å². The van der Waals surface area contributed by atoms with Gasteiger partial charge in [0.25, 0.3) is 0 Å². The van der Waals surface area contributed by atoms with Crippen LogP contribution in [0.3, 0.4) is 0 Å². The van der Waals surface area contributed by atoms with Gasteiger partial charge in [-0.1, -0.05) is 17.7 Å². The van der Waals surface area contributed by atoms with Gasteiger partial charge in [-0.2, -0.15) is 0 Å². The van der Waals surface area contributed by atoms with Crippen LogP contribution in [0.25, 0.3) is 0 Å². The number of amides is 1. The van der Waals surface area contributed by atoms with Gasteiger partial charge in [0, 0.05) is 10.6 Å². The second-order valence-corrected chi connectivity index (χ2v) is 3.91. The van der Waals surface area contributed by atoms with Crippen molar-refractivity contribution in [3.63, 3.8) is 0 Å². The molecule has 0 aromatic heterocycles. The number of hydrogen-bond donors (Lipinski definition) is 2. The van der Waals surface area contributed by atoms with E-state index in [0.29, 0.717) is 0 Å². The van der Waals surface area contributed by atoms with E-state index >= 15 is 0 Å². The van der Waals surface area contributed by atoms with Gasteiger partial charge in [-0.3, -0.25) is 9.59 Å². The average molecular weight is 260 g/mol. The minimum atomic E-state index is -1.15. The lowest BCUT2D eigenvalue weighted by Crippen LogP contribution is -2.39. The molecule has 0 saturated heterocycles. The van der Waals surface area contributed by atoms with E-state index in [-0.39, 0.29) is 17.0 Å². The van der Waals surface area contributed by atoms with Gasteiger partial charge in [0.1, 0.15) is 11.9 Å². The van der Waals surface area contributed by atoms with Crippen LogP contribution in [0.1, 0.15) is 12.5 Å². The van der Waals surface area contributed by atoms with Crippen molar-refractivity contribution in [2.45, 2.75) is 19.4 Å². The quantitative estimate of drug-likeness (QED) is 0.863. The Morgan fingerprint density at radius 1 is 1.53 bits per heavy atom. The summed E-state index contributed by atoms with van der Waals surface area (Å²) in [6.45, 7) is 1.32. The first kappa shape index (κ1) is 13.4. The first-order valence-electron chi connectivity index (χ1n) is 4.87. The van der Waals surface area contributed by atoms with Gasteiger partial charge in [-0.25, -0.2) is 4.39 Å². The molecule has 0 aliphatic heterocycles. The number of benzene rings is 1. The fourth-order valence-electron chi connectivity index (χ4n) is 1.22. The summed E-state index contributed by atoms with van der Waals surface area (Å²) in [5.41, 5.74) is 0.0595. The number of rotatable bonds is 4. The molecule has 1 aromatic carbocycles. The molecule has 17 heavy (non-hydrogen) atoms. The van der Waals surface area contributed by atoms with E-state index in [1.165, 1.54) is 25.1 Å². The maximum absolute atomic E-state index is 13.3. The van der Waals surface area contributed by atoms with Crippen LogP contribution in [-0.2, 0) is 16.0 Å². The number of nitrogens with one attached hydrogen (secondary N) is 1. The summed E-state index contributed by atoms with van der Waals surface area (Å²) < 4.78 is 13.3. The molecule has 0 aliphatic rings. The van der Waals surface area contributed by atoms with Crippen LogP contribution in [0.2, 0.25) is 5.02 Å². The molecule has 4 nitrogen and oxygen atoms in total. The van der Waals surface area contributed by atoms with Gasteiger partial charge >= 0.3 is 5.97 Å². The van der Waals surface area contributed by atoms with Crippen LogP contribution in [0.4, 0.5) is 4.39 Å². The van der Waals surface area contributed by atoms with Crippen molar-refractivity contribution in [2.75, 3.05) is 0 Å². The molecule has 1 atom stereocenters. The predicted octanol–water partition coefficient (Wildman–Crippen LogP) is 1.61. The minimum Gasteiger partial charge on any atom is -0.480 e. The summed E-state index contributed by atoms with van der Waals surface area (Å²) in [6.07, 6.45) is -0.289. The molecule has 0 saturated carbocycles. The third-order valence-electron chi connectivity index (χ3n) is 2.15. The Hall–Kier alpha value is -1.62. The minimum absolute atomic E-state index is 0.0595. The zero-order chi connectivity index (χ0) is 13.0. The number of carbonyl (C=O) groups is 2. The third-order valence-corrected chi connectivity index (χ3v) is 2.50. The summed E-state index contributed by atoms with van der Waals surface area (Å²) in [7, 11) is 0. The number of hydrogen-bond acceptors (Lipinski definition) is 2. The number of aliphatic carboxylic acids is 1. The van der Waals surface area contributed by atoms with Crippen LogP contribution in [0, 0.1) is 5.82 Å². The zero-order valence-corrected chi connectivity index (χ0v) is 9.79. The number of halogens is 2. The molecule has 0 radical (unpaired) electrons. The van der Waals surface area contributed by atoms with E-state index < -0.39 is 23.7 Å². The molecule has 1 rings (SSSR count). The molecule has 6 heteroatoms. The van der Waals surface area contributed by atoms with Gasteiger partial charge in [0.05, 0.1) is 6.42 Å². The Balaban J connectivity index is 2.72. The third kappa shape index (κ3) is 3.71. The highest BCUT2D eigenvalue weighted by atomic mass is 35.5. The SMILES string of the molecule is CC(NC(=O)Cc1c(F)cccc1Cl)C(=O)O. The summed E-state index contributed by atoms with van der Waals surface area (Å²) in [4.78, 5) is 21.9. The van der Waals surface area contributed by atoms with Crippen LogP contribution < -0.4 is 5.32 Å². The lowest BCUT2D eigenvalue weighted by atomic mass is 10.1. The Labute approximate surface area is 102 Å². The highest BCUT2D eigenvalue weighted by molar-refractivity contribution is 6.31. The Bertz CT molecular complexity index is 430. The molecule has 0 bridgehead atoms. The second kappa shape index (κ2) is 5.63. The lowest BCUT2D eigenvalue weighted by molar-refractivity contribution is -0.141. The second-order valence-electron chi connectivity index (χ2n) is 3.50. The Kier molecular flexibility index (Phi) is 4.45. The monoisotopic (exact) mass is 259 g/mol. The highest BCUT2D eigenvalue weighted by Gasteiger charge is 2.16. The van der Waals surface area contributed by atoms with E-state index in [1.807, 2.05) is 0 Å². The normalized spacial score (nSPS) is 11.9. The van der Waals surface area contributed by atoms with E-state index in [2.05, 4.69) is 5.32 Å². The van der Waals surface area contributed by atoms with Gasteiger partial charge in [-0.15, -0.1) is 0 Å². The molecule has 2 N–H and O–H groups in total. The topological polar surface area (TPSA) is 66.4 Å². The van der Waals surface area contributed by atoms with Crippen LogP contribution in [0.5, 0.6) is 0 Å². The fourth-order valence-corrected chi connectivity index (χ4v) is 1.45. The van der Waals surface area contributed by atoms with Gasteiger partial charge in [0.15, 0.2) is 0 Å². The van der Waals surface area contributed by atoms with Crippen LogP contribution in [-0.4, -0.2) is 23.0 Å². The predicted molar refractivity (Wildman–Crippen MR) is 60.4 cm³/mol. The molecule has 0 heterocycles.